The molecule has 1 saturated carbocycles. The van der Waals surface area contributed by atoms with Gasteiger partial charge >= 0.3 is 0 Å². The lowest BCUT2D eigenvalue weighted by atomic mass is 9.69. The summed E-state index contributed by atoms with van der Waals surface area (Å²) in [7, 11) is 1.79. The van der Waals surface area contributed by atoms with E-state index in [9.17, 15) is 0 Å². The third-order valence-corrected chi connectivity index (χ3v) is 4.50. The minimum absolute atomic E-state index is 0.0252. The fourth-order valence-corrected chi connectivity index (χ4v) is 2.68. The van der Waals surface area contributed by atoms with E-state index in [2.05, 4.69) is 20.8 Å². The van der Waals surface area contributed by atoms with Crippen molar-refractivity contribution >= 4 is 0 Å². The highest BCUT2D eigenvalue weighted by molar-refractivity contribution is 4.89. The van der Waals surface area contributed by atoms with Crippen molar-refractivity contribution in [2.75, 3.05) is 7.11 Å². The summed E-state index contributed by atoms with van der Waals surface area (Å²) in [6.07, 6.45) is 8.86. The fraction of sp³-hybridized carbons (Fsp3) is 1.00. The SMILES string of the molecule is COC(C)(C)CCC(N)C1(C)CCCCC1. The van der Waals surface area contributed by atoms with Gasteiger partial charge in [-0.3, -0.25) is 0 Å². The molecule has 2 N–H and O–H groups in total. The minimum Gasteiger partial charge on any atom is -0.379 e. The van der Waals surface area contributed by atoms with Crippen LogP contribution in [-0.4, -0.2) is 18.8 Å². The van der Waals surface area contributed by atoms with Crippen molar-refractivity contribution < 1.29 is 4.74 Å². The standard InChI is InChI=1S/C14H29NO/c1-13(2,16-4)11-8-12(15)14(3)9-6-5-7-10-14/h12H,5-11,15H2,1-4H3. The Hall–Kier alpha value is -0.0800. The number of ether oxygens (including phenoxy) is 1. The average molecular weight is 227 g/mol. The summed E-state index contributed by atoms with van der Waals surface area (Å²) in [5.74, 6) is 0. The number of rotatable bonds is 5. The van der Waals surface area contributed by atoms with Crippen LogP contribution in [0.1, 0.15) is 65.7 Å². The van der Waals surface area contributed by atoms with Crippen LogP contribution < -0.4 is 5.73 Å². The Kier molecular flexibility index (Phi) is 4.81. The highest BCUT2D eigenvalue weighted by Gasteiger charge is 2.33. The van der Waals surface area contributed by atoms with E-state index >= 15 is 0 Å². The van der Waals surface area contributed by atoms with Gasteiger partial charge < -0.3 is 10.5 Å². The van der Waals surface area contributed by atoms with Crippen molar-refractivity contribution in [3.8, 4) is 0 Å². The monoisotopic (exact) mass is 227 g/mol. The Morgan fingerprint density at radius 2 is 1.81 bits per heavy atom. The summed E-state index contributed by atoms with van der Waals surface area (Å²) < 4.78 is 5.45. The summed E-state index contributed by atoms with van der Waals surface area (Å²) in [5, 5.41) is 0. The number of nitrogens with two attached hydrogens (primary N) is 1. The highest BCUT2D eigenvalue weighted by Crippen LogP contribution is 2.39. The van der Waals surface area contributed by atoms with E-state index in [4.69, 9.17) is 10.5 Å². The number of methoxy groups -OCH3 is 1. The van der Waals surface area contributed by atoms with E-state index in [-0.39, 0.29) is 5.60 Å². The van der Waals surface area contributed by atoms with Crippen LogP contribution in [0.25, 0.3) is 0 Å². The molecule has 2 nitrogen and oxygen atoms in total. The summed E-state index contributed by atoms with van der Waals surface area (Å²) in [4.78, 5) is 0. The van der Waals surface area contributed by atoms with Crippen molar-refractivity contribution in [3.63, 3.8) is 0 Å². The molecule has 1 atom stereocenters. The summed E-state index contributed by atoms with van der Waals surface area (Å²) in [6, 6.07) is 0.335. The third kappa shape index (κ3) is 3.74. The molecule has 0 bridgehead atoms. The normalized spacial score (nSPS) is 23.1. The van der Waals surface area contributed by atoms with Gasteiger partial charge in [-0.15, -0.1) is 0 Å². The van der Waals surface area contributed by atoms with Crippen LogP contribution >= 0.6 is 0 Å². The van der Waals surface area contributed by atoms with Gasteiger partial charge in [-0.05, 0) is 44.9 Å². The smallest absolute Gasteiger partial charge is 0.0623 e. The molecule has 0 aromatic rings. The highest BCUT2D eigenvalue weighted by atomic mass is 16.5. The van der Waals surface area contributed by atoms with Gasteiger partial charge in [-0.1, -0.05) is 26.2 Å². The molecule has 0 heterocycles. The summed E-state index contributed by atoms with van der Waals surface area (Å²) in [5.41, 5.74) is 6.74. The zero-order valence-corrected chi connectivity index (χ0v) is 11.5. The van der Waals surface area contributed by atoms with Crippen LogP contribution in [0.4, 0.5) is 0 Å². The first kappa shape index (κ1) is 14.0. The molecule has 1 fully saturated rings. The van der Waals surface area contributed by atoms with E-state index in [0.717, 1.165) is 12.8 Å². The second-order valence-corrected chi connectivity index (χ2v) is 6.32. The van der Waals surface area contributed by atoms with Crippen molar-refractivity contribution in [1.82, 2.24) is 0 Å². The molecule has 1 rings (SSSR count). The number of hydrogen-bond donors (Lipinski definition) is 1. The molecule has 1 unspecified atom stereocenters. The third-order valence-electron chi connectivity index (χ3n) is 4.50. The second kappa shape index (κ2) is 5.50. The van der Waals surface area contributed by atoms with Gasteiger partial charge in [0, 0.05) is 13.2 Å². The van der Waals surface area contributed by atoms with Crippen LogP contribution in [0.2, 0.25) is 0 Å². The van der Waals surface area contributed by atoms with Gasteiger partial charge in [0.15, 0.2) is 0 Å². The Balaban J connectivity index is 2.41. The molecule has 0 aliphatic heterocycles. The Bertz CT molecular complexity index is 207. The van der Waals surface area contributed by atoms with Crippen LogP contribution in [0.3, 0.4) is 0 Å². The topological polar surface area (TPSA) is 35.2 Å². The molecule has 0 radical (unpaired) electrons. The Morgan fingerprint density at radius 1 is 1.25 bits per heavy atom. The molecule has 0 amide bonds. The molecule has 0 spiro atoms. The Labute approximate surface area is 101 Å². The van der Waals surface area contributed by atoms with Gasteiger partial charge in [0.05, 0.1) is 5.60 Å². The predicted molar refractivity (Wildman–Crippen MR) is 69.5 cm³/mol. The molecule has 1 aliphatic rings. The Morgan fingerprint density at radius 3 is 2.31 bits per heavy atom. The molecule has 2 heteroatoms. The molecule has 0 aromatic heterocycles. The molecule has 0 aromatic carbocycles. The van der Waals surface area contributed by atoms with E-state index in [1.807, 2.05) is 0 Å². The first-order valence-corrected chi connectivity index (χ1v) is 6.70. The van der Waals surface area contributed by atoms with Crippen LogP contribution in [0, 0.1) is 5.41 Å². The molecule has 0 saturated heterocycles. The first-order valence-electron chi connectivity index (χ1n) is 6.70. The van der Waals surface area contributed by atoms with E-state index in [1.165, 1.54) is 32.1 Å². The lowest BCUT2D eigenvalue weighted by Crippen LogP contribution is -2.42. The van der Waals surface area contributed by atoms with Gasteiger partial charge in [0.2, 0.25) is 0 Å². The maximum absolute atomic E-state index is 6.39. The lowest BCUT2D eigenvalue weighted by molar-refractivity contribution is 0.00759. The van der Waals surface area contributed by atoms with Crippen LogP contribution in [0.15, 0.2) is 0 Å². The second-order valence-electron chi connectivity index (χ2n) is 6.32. The molecule has 96 valence electrons. The van der Waals surface area contributed by atoms with E-state index in [0.29, 0.717) is 11.5 Å². The summed E-state index contributed by atoms with van der Waals surface area (Å²) >= 11 is 0. The maximum atomic E-state index is 6.39. The van der Waals surface area contributed by atoms with Crippen molar-refractivity contribution in [2.24, 2.45) is 11.1 Å². The van der Waals surface area contributed by atoms with E-state index < -0.39 is 0 Å². The van der Waals surface area contributed by atoms with Gasteiger partial charge in [-0.25, -0.2) is 0 Å². The van der Waals surface area contributed by atoms with Gasteiger partial charge in [0.25, 0.3) is 0 Å². The number of hydrogen-bond acceptors (Lipinski definition) is 2. The van der Waals surface area contributed by atoms with Gasteiger partial charge in [-0.2, -0.15) is 0 Å². The molecular formula is C14H29NO. The van der Waals surface area contributed by atoms with E-state index in [1.54, 1.807) is 7.11 Å². The lowest BCUT2D eigenvalue weighted by Gasteiger charge is -2.40. The minimum atomic E-state index is -0.0252. The molecule has 1 aliphatic carbocycles. The summed E-state index contributed by atoms with van der Waals surface area (Å²) in [6.45, 7) is 6.66. The predicted octanol–water partition coefficient (Wildman–Crippen LogP) is 3.49. The van der Waals surface area contributed by atoms with Crippen LogP contribution in [0.5, 0.6) is 0 Å². The van der Waals surface area contributed by atoms with Crippen molar-refractivity contribution in [1.29, 1.82) is 0 Å². The maximum Gasteiger partial charge on any atom is 0.0623 e. The first-order chi connectivity index (χ1) is 7.40. The van der Waals surface area contributed by atoms with Crippen LogP contribution in [-0.2, 0) is 4.74 Å². The molecule has 16 heavy (non-hydrogen) atoms. The quantitative estimate of drug-likeness (QED) is 0.780. The van der Waals surface area contributed by atoms with Crippen molar-refractivity contribution in [2.45, 2.75) is 77.4 Å². The van der Waals surface area contributed by atoms with Gasteiger partial charge in [0.1, 0.15) is 0 Å². The molecular weight excluding hydrogens is 198 g/mol. The largest absolute Gasteiger partial charge is 0.379 e. The average Bonchev–Trinajstić information content (AvgIpc) is 2.27. The van der Waals surface area contributed by atoms with Crippen molar-refractivity contribution in [3.05, 3.63) is 0 Å². The fourth-order valence-electron chi connectivity index (χ4n) is 2.68. The zero-order chi connectivity index (χ0) is 12.2. The zero-order valence-electron chi connectivity index (χ0n) is 11.5.